The Morgan fingerprint density at radius 2 is 2.10 bits per heavy atom. The summed E-state index contributed by atoms with van der Waals surface area (Å²) in [7, 11) is 5.73. The molecule has 0 atom stereocenters. The third kappa shape index (κ3) is 4.89. The van der Waals surface area contributed by atoms with Crippen LogP contribution in [0.15, 0.2) is 60.0 Å². The van der Waals surface area contributed by atoms with E-state index in [1.54, 1.807) is 0 Å². The van der Waals surface area contributed by atoms with Crippen molar-refractivity contribution in [2.45, 2.75) is 40.4 Å². The molecule has 21 heavy (non-hydrogen) atoms. The van der Waals surface area contributed by atoms with Crippen LogP contribution in [0.4, 0.5) is 0 Å². The Hall–Kier alpha value is -1.83. The highest BCUT2D eigenvalue weighted by atomic mass is 14.6. The zero-order valence-electron chi connectivity index (χ0n) is 13.6. The van der Waals surface area contributed by atoms with Gasteiger partial charge in [-0.15, -0.1) is 0 Å². The highest BCUT2D eigenvalue weighted by Crippen LogP contribution is 2.24. The number of hydrogen-bond acceptors (Lipinski definition) is 1. The fourth-order valence-corrected chi connectivity index (χ4v) is 2.04. The van der Waals surface area contributed by atoms with Crippen LogP contribution in [-0.4, -0.2) is 12.8 Å². The molecule has 108 valence electrons. The van der Waals surface area contributed by atoms with Crippen LogP contribution in [0.1, 0.15) is 38.3 Å². The molecule has 2 radical (unpaired) electrons. The number of rotatable bonds is 6. The van der Waals surface area contributed by atoms with Crippen molar-refractivity contribution in [1.29, 1.82) is 0 Å². The number of allylic oxidation sites excluding steroid dienone is 7. The van der Waals surface area contributed by atoms with Crippen LogP contribution in [0.2, 0.25) is 6.32 Å². The van der Waals surface area contributed by atoms with Crippen molar-refractivity contribution in [2.24, 2.45) is 0 Å². The Morgan fingerprint density at radius 1 is 1.38 bits per heavy atom. The summed E-state index contributed by atoms with van der Waals surface area (Å²) in [5.74, 6) is 0. The van der Waals surface area contributed by atoms with E-state index in [0.717, 1.165) is 17.6 Å². The molecule has 0 aliphatic heterocycles. The molecule has 0 aromatic carbocycles. The second-order valence-electron chi connectivity index (χ2n) is 5.22. The first-order chi connectivity index (χ1) is 10.0. The molecule has 0 unspecified atom stereocenters. The van der Waals surface area contributed by atoms with Crippen LogP contribution < -0.4 is 0 Å². The van der Waals surface area contributed by atoms with Gasteiger partial charge in [0.05, 0.1) is 7.85 Å². The van der Waals surface area contributed by atoms with Gasteiger partial charge in [0.2, 0.25) is 0 Å². The zero-order valence-corrected chi connectivity index (χ0v) is 13.6. The van der Waals surface area contributed by atoms with Crippen LogP contribution in [0.3, 0.4) is 0 Å². The highest BCUT2D eigenvalue weighted by molar-refractivity contribution is 6.10. The van der Waals surface area contributed by atoms with E-state index < -0.39 is 0 Å². The summed E-state index contributed by atoms with van der Waals surface area (Å²) in [5.41, 5.74) is 6.90. The van der Waals surface area contributed by atoms with E-state index in [0.29, 0.717) is 6.32 Å². The van der Waals surface area contributed by atoms with Crippen molar-refractivity contribution >= 4 is 13.4 Å². The smallest absolute Gasteiger partial charge is 0.0716 e. The second kappa shape index (κ2) is 8.46. The minimum Gasteiger partial charge on any atom is -0.264 e. The normalized spacial score (nSPS) is 13.4. The van der Waals surface area contributed by atoms with Gasteiger partial charge in [-0.2, -0.15) is 0 Å². The molecule has 2 heteroatoms. The van der Waals surface area contributed by atoms with Crippen molar-refractivity contribution < 1.29 is 0 Å². The van der Waals surface area contributed by atoms with E-state index >= 15 is 0 Å². The minimum absolute atomic E-state index is 0.470. The third-order valence-electron chi connectivity index (χ3n) is 3.59. The summed E-state index contributed by atoms with van der Waals surface area (Å²) in [6.45, 7) is 12.5. The van der Waals surface area contributed by atoms with Crippen molar-refractivity contribution in [2.75, 3.05) is 0 Å². The van der Waals surface area contributed by atoms with Crippen molar-refractivity contribution in [3.05, 3.63) is 71.1 Å². The first kappa shape index (κ1) is 17.2. The number of aromatic nitrogens is 1. The molecule has 0 saturated carbocycles. The summed E-state index contributed by atoms with van der Waals surface area (Å²) >= 11 is 0. The second-order valence-corrected chi connectivity index (χ2v) is 5.22. The number of hydrogen-bond donors (Lipinski definition) is 0. The van der Waals surface area contributed by atoms with E-state index in [-0.39, 0.29) is 0 Å². The van der Waals surface area contributed by atoms with Gasteiger partial charge in [0, 0.05) is 12.4 Å². The van der Waals surface area contributed by atoms with Crippen molar-refractivity contribution in [3.8, 4) is 0 Å². The molecule has 1 aromatic heterocycles. The Labute approximate surface area is 130 Å². The van der Waals surface area contributed by atoms with E-state index in [1.807, 2.05) is 18.5 Å². The first-order valence-electron chi connectivity index (χ1n) is 7.36. The first-order valence-corrected chi connectivity index (χ1v) is 7.36. The molecule has 0 aliphatic rings. The molecule has 1 heterocycles. The Bertz CT molecular complexity index is 591. The fourth-order valence-electron chi connectivity index (χ4n) is 2.04. The van der Waals surface area contributed by atoms with E-state index in [4.69, 9.17) is 7.85 Å². The summed E-state index contributed by atoms with van der Waals surface area (Å²) in [5, 5.41) is 0. The number of nitrogens with zero attached hydrogens (tertiary/aromatic N) is 1. The molecule has 0 saturated heterocycles. The summed E-state index contributed by atoms with van der Waals surface area (Å²) in [6.07, 6.45) is 11.6. The van der Waals surface area contributed by atoms with Gasteiger partial charge in [-0.25, -0.2) is 0 Å². The largest absolute Gasteiger partial charge is 0.264 e. The van der Waals surface area contributed by atoms with Crippen LogP contribution in [0, 0.1) is 6.92 Å². The standard InChI is InChI=1S/C19H24BN/c1-6-7-8-18(16(4)12-20)11-15(3)17(5)19-13-21-10-9-14(19)2/h7-11,13H,4,6,12H2,1-3,5H3/b8-7+,17-15+,18-11+. The summed E-state index contributed by atoms with van der Waals surface area (Å²) in [4.78, 5) is 4.22. The maximum absolute atomic E-state index is 5.73. The zero-order chi connectivity index (χ0) is 15.8. The summed E-state index contributed by atoms with van der Waals surface area (Å²) < 4.78 is 0. The SMILES string of the molecule is [B]CC(=C)C(/C=C/CC)=C/C(C)=C(\C)c1cnccc1C. The predicted octanol–water partition coefficient (Wildman–Crippen LogP) is 5.22. The van der Waals surface area contributed by atoms with Crippen LogP contribution in [-0.2, 0) is 0 Å². The minimum atomic E-state index is 0.470. The van der Waals surface area contributed by atoms with Gasteiger partial charge in [0.15, 0.2) is 0 Å². The molecule has 1 aromatic rings. The summed E-state index contributed by atoms with van der Waals surface area (Å²) in [6, 6.07) is 2.03. The van der Waals surface area contributed by atoms with Gasteiger partial charge >= 0.3 is 0 Å². The van der Waals surface area contributed by atoms with Gasteiger partial charge in [-0.1, -0.05) is 43.6 Å². The lowest BCUT2D eigenvalue weighted by molar-refractivity contribution is 1.21. The average Bonchev–Trinajstić information content (AvgIpc) is 2.50. The van der Waals surface area contributed by atoms with Crippen LogP contribution in [0.25, 0.3) is 5.57 Å². The molecule has 1 nitrogen and oxygen atoms in total. The van der Waals surface area contributed by atoms with E-state index in [2.05, 4.69) is 57.5 Å². The lowest BCUT2D eigenvalue weighted by atomic mass is 9.90. The van der Waals surface area contributed by atoms with Gasteiger partial charge in [0.1, 0.15) is 0 Å². The quantitative estimate of drug-likeness (QED) is 0.513. The Kier molecular flexibility index (Phi) is 6.94. The van der Waals surface area contributed by atoms with Crippen molar-refractivity contribution in [1.82, 2.24) is 4.98 Å². The Morgan fingerprint density at radius 3 is 2.67 bits per heavy atom. The predicted molar refractivity (Wildman–Crippen MR) is 94.5 cm³/mol. The van der Waals surface area contributed by atoms with E-state index in [1.165, 1.54) is 22.3 Å². The molecule has 0 spiro atoms. The molecule has 1 rings (SSSR count). The number of aryl methyl sites for hydroxylation is 1. The average molecular weight is 277 g/mol. The number of pyridine rings is 1. The third-order valence-corrected chi connectivity index (χ3v) is 3.59. The topological polar surface area (TPSA) is 12.9 Å². The van der Waals surface area contributed by atoms with Gasteiger partial charge in [0.25, 0.3) is 0 Å². The van der Waals surface area contributed by atoms with Crippen molar-refractivity contribution in [3.63, 3.8) is 0 Å². The molecule has 0 amide bonds. The fraction of sp³-hybridized carbons (Fsp3) is 0.316. The molecule has 0 aliphatic carbocycles. The maximum atomic E-state index is 5.73. The monoisotopic (exact) mass is 277 g/mol. The lowest BCUT2D eigenvalue weighted by Gasteiger charge is -2.10. The van der Waals surface area contributed by atoms with E-state index in [9.17, 15) is 0 Å². The maximum Gasteiger partial charge on any atom is 0.0716 e. The molecular formula is C19H24BN. The lowest BCUT2D eigenvalue weighted by Crippen LogP contribution is -1.91. The Balaban J connectivity index is 3.25. The molecule has 0 fully saturated rings. The van der Waals surface area contributed by atoms with Gasteiger partial charge in [-0.3, -0.25) is 4.98 Å². The molecule has 0 N–H and O–H groups in total. The molecular weight excluding hydrogens is 253 g/mol. The highest BCUT2D eigenvalue weighted by Gasteiger charge is 2.04. The van der Waals surface area contributed by atoms with Crippen LogP contribution in [0.5, 0.6) is 0 Å². The molecule has 0 bridgehead atoms. The van der Waals surface area contributed by atoms with Gasteiger partial charge < -0.3 is 0 Å². The van der Waals surface area contributed by atoms with Crippen LogP contribution >= 0.6 is 0 Å². The van der Waals surface area contributed by atoms with Gasteiger partial charge in [-0.05, 0) is 61.1 Å².